The van der Waals surface area contributed by atoms with Crippen molar-refractivity contribution in [3.63, 3.8) is 0 Å². The lowest BCUT2D eigenvalue weighted by molar-refractivity contribution is 0.0956. The highest BCUT2D eigenvalue weighted by molar-refractivity contribution is 5.94. The van der Waals surface area contributed by atoms with Crippen LogP contribution in [0.5, 0.6) is 11.5 Å². The molecule has 0 fully saturated rings. The molecule has 0 spiro atoms. The Labute approximate surface area is 195 Å². The molecule has 0 atom stereocenters. The first-order valence-corrected chi connectivity index (χ1v) is 10.7. The molecule has 0 aliphatic rings. The summed E-state index contributed by atoms with van der Waals surface area (Å²) in [6.07, 6.45) is 1.43. The summed E-state index contributed by atoms with van der Waals surface area (Å²) in [5.74, 6) is 0.213. The van der Waals surface area contributed by atoms with E-state index < -0.39 is 11.4 Å². The fraction of sp³-hybridized carbons (Fsp3) is 0.115. The molecule has 2 N–H and O–H groups in total. The van der Waals surface area contributed by atoms with Crippen LogP contribution in [-0.2, 0) is 0 Å². The SMILES string of the molecule is CCNC(=O)c1ccc(Nc2c(Oc3ccccc3C)cnn(-c3ccc(F)cc3)c2=O)cc1. The highest BCUT2D eigenvalue weighted by Gasteiger charge is 2.16. The van der Waals surface area contributed by atoms with Crippen molar-refractivity contribution in [2.24, 2.45) is 0 Å². The Balaban J connectivity index is 1.74. The molecular formula is C26H23FN4O3. The molecule has 172 valence electrons. The van der Waals surface area contributed by atoms with Gasteiger partial charge in [0.2, 0.25) is 0 Å². The summed E-state index contributed by atoms with van der Waals surface area (Å²) in [5.41, 5.74) is 2.05. The van der Waals surface area contributed by atoms with Crippen LogP contribution in [0.2, 0.25) is 0 Å². The fourth-order valence-corrected chi connectivity index (χ4v) is 3.30. The Kier molecular flexibility index (Phi) is 6.68. The number of carbonyl (C=O) groups is 1. The first-order valence-electron chi connectivity index (χ1n) is 10.7. The Morgan fingerprint density at radius 3 is 2.38 bits per heavy atom. The number of anilines is 2. The van der Waals surface area contributed by atoms with Gasteiger partial charge in [-0.2, -0.15) is 9.78 Å². The van der Waals surface area contributed by atoms with Gasteiger partial charge in [0.1, 0.15) is 11.6 Å². The van der Waals surface area contributed by atoms with E-state index in [2.05, 4.69) is 15.7 Å². The number of ether oxygens (including phenoxy) is 1. The van der Waals surface area contributed by atoms with E-state index in [1.807, 2.05) is 32.0 Å². The fourth-order valence-electron chi connectivity index (χ4n) is 3.30. The van der Waals surface area contributed by atoms with E-state index in [1.54, 1.807) is 30.3 Å². The normalized spacial score (nSPS) is 10.6. The Bertz CT molecular complexity index is 1370. The minimum absolute atomic E-state index is 0.147. The van der Waals surface area contributed by atoms with Crippen LogP contribution in [0.1, 0.15) is 22.8 Å². The molecule has 0 saturated carbocycles. The molecule has 0 bridgehead atoms. The summed E-state index contributed by atoms with van der Waals surface area (Å²) >= 11 is 0. The number of para-hydroxylation sites is 1. The summed E-state index contributed by atoms with van der Waals surface area (Å²) in [6.45, 7) is 4.27. The van der Waals surface area contributed by atoms with E-state index >= 15 is 0 Å². The van der Waals surface area contributed by atoms with Gasteiger partial charge >= 0.3 is 0 Å². The first kappa shape index (κ1) is 22.7. The molecule has 8 heteroatoms. The number of aryl methyl sites for hydroxylation is 1. The van der Waals surface area contributed by atoms with Gasteiger partial charge in [-0.15, -0.1) is 0 Å². The van der Waals surface area contributed by atoms with Gasteiger partial charge in [-0.3, -0.25) is 9.59 Å². The van der Waals surface area contributed by atoms with Gasteiger partial charge in [0, 0.05) is 17.8 Å². The molecule has 4 aromatic rings. The second-order valence-corrected chi connectivity index (χ2v) is 7.51. The molecule has 34 heavy (non-hydrogen) atoms. The average Bonchev–Trinajstić information content (AvgIpc) is 2.84. The second kappa shape index (κ2) is 9.99. The monoisotopic (exact) mass is 458 g/mol. The van der Waals surface area contributed by atoms with Gasteiger partial charge in [0.15, 0.2) is 11.4 Å². The van der Waals surface area contributed by atoms with Crippen LogP contribution in [0.3, 0.4) is 0 Å². The number of nitrogens with one attached hydrogen (secondary N) is 2. The number of aromatic nitrogens is 2. The zero-order valence-corrected chi connectivity index (χ0v) is 18.7. The van der Waals surface area contributed by atoms with Gasteiger partial charge in [-0.25, -0.2) is 4.39 Å². The van der Waals surface area contributed by atoms with Crippen molar-refractivity contribution in [2.75, 3.05) is 11.9 Å². The van der Waals surface area contributed by atoms with Crippen LogP contribution in [0.15, 0.2) is 83.8 Å². The lowest BCUT2D eigenvalue weighted by atomic mass is 10.2. The van der Waals surface area contributed by atoms with Crippen LogP contribution in [0.4, 0.5) is 15.8 Å². The first-order chi connectivity index (χ1) is 16.5. The number of carbonyl (C=O) groups excluding carboxylic acids is 1. The molecule has 1 heterocycles. The van der Waals surface area contributed by atoms with E-state index in [0.717, 1.165) is 10.2 Å². The zero-order chi connectivity index (χ0) is 24.1. The molecule has 4 rings (SSSR count). The van der Waals surface area contributed by atoms with E-state index in [0.29, 0.717) is 29.2 Å². The lowest BCUT2D eigenvalue weighted by Gasteiger charge is -2.15. The summed E-state index contributed by atoms with van der Waals surface area (Å²) < 4.78 is 20.6. The number of hydrogen-bond acceptors (Lipinski definition) is 5. The predicted molar refractivity (Wildman–Crippen MR) is 129 cm³/mol. The summed E-state index contributed by atoms with van der Waals surface area (Å²) in [6, 6.07) is 19.6. The van der Waals surface area contributed by atoms with Gasteiger partial charge in [0.25, 0.3) is 11.5 Å². The van der Waals surface area contributed by atoms with Crippen molar-refractivity contribution in [2.45, 2.75) is 13.8 Å². The number of nitrogens with zero attached hydrogens (tertiary/aromatic N) is 2. The van der Waals surface area contributed by atoms with Crippen molar-refractivity contribution < 1.29 is 13.9 Å². The van der Waals surface area contributed by atoms with Gasteiger partial charge < -0.3 is 15.4 Å². The Hall–Kier alpha value is -4.46. The standard InChI is InChI=1S/C26H23FN4O3/c1-3-28-25(32)18-8-12-20(13-9-18)30-24-23(34-22-7-5-4-6-17(22)2)16-29-31(26(24)33)21-14-10-19(27)11-15-21/h4-16,30H,3H2,1-2H3,(H,28,32). The molecule has 1 amide bonds. The van der Waals surface area contributed by atoms with Crippen molar-refractivity contribution in [3.05, 3.63) is 106 Å². The van der Waals surface area contributed by atoms with Crippen molar-refractivity contribution in [3.8, 4) is 17.2 Å². The lowest BCUT2D eigenvalue weighted by Crippen LogP contribution is -2.24. The number of benzene rings is 3. The van der Waals surface area contributed by atoms with Crippen LogP contribution in [0.25, 0.3) is 5.69 Å². The van der Waals surface area contributed by atoms with Crippen molar-refractivity contribution >= 4 is 17.3 Å². The third-order valence-electron chi connectivity index (χ3n) is 5.08. The van der Waals surface area contributed by atoms with Crippen molar-refractivity contribution in [1.29, 1.82) is 0 Å². The Morgan fingerprint density at radius 1 is 1.00 bits per heavy atom. The van der Waals surface area contributed by atoms with Crippen LogP contribution in [0, 0.1) is 12.7 Å². The number of hydrogen-bond donors (Lipinski definition) is 2. The third kappa shape index (κ3) is 4.96. The molecular weight excluding hydrogens is 435 g/mol. The number of amides is 1. The van der Waals surface area contributed by atoms with Gasteiger partial charge in [0.05, 0.1) is 11.9 Å². The minimum atomic E-state index is -0.481. The van der Waals surface area contributed by atoms with E-state index in [-0.39, 0.29) is 17.3 Å². The molecule has 0 saturated heterocycles. The summed E-state index contributed by atoms with van der Waals surface area (Å²) in [7, 11) is 0. The largest absolute Gasteiger partial charge is 0.453 e. The molecule has 0 unspecified atom stereocenters. The molecule has 1 aromatic heterocycles. The molecule has 0 aliphatic carbocycles. The maximum absolute atomic E-state index is 13.4. The van der Waals surface area contributed by atoms with Gasteiger partial charge in [-0.05, 0) is 74.0 Å². The zero-order valence-electron chi connectivity index (χ0n) is 18.7. The highest BCUT2D eigenvalue weighted by atomic mass is 19.1. The molecule has 7 nitrogen and oxygen atoms in total. The number of halogens is 1. The van der Waals surface area contributed by atoms with Crippen LogP contribution < -0.4 is 20.9 Å². The topological polar surface area (TPSA) is 85.2 Å². The molecule has 3 aromatic carbocycles. The highest BCUT2D eigenvalue weighted by Crippen LogP contribution is 2.30. The van der Waals surface area contributed by atoms with Crippen LogP contribution in [-0.4, -0.2) is 22.2 Å². The maximum atomic E-state index is 13.4. The number of rotatable bonds is 7. The molecule has 0 radical (unpaired) electrons. The third-order valence-corrected chi connectivity index (χ3v) is 5.08. The van der Waals surface area contributed by atoms with E-state index in [1.165, 1.54) is 30.5 Å². The van der Waals surface area contributed by atoms with E-state index in [4.69, 9.17) is 4.74 Å². The average molecular weight is 458 g/mol. The van der Waals surface area contributed by atoms with Crippen molar-refractivity contribution in [1.82, 2.24) is 15.1 Å². The Morgan fingerprint density at radius 2 is 1.71 bits per heavy atom. The van der Waals surface area contributed by atoms with Gasteiger partial charge in [-0.1, -0.05) is 18.2 Å². The predicted octanol–water partition coefficient (Wildman–Crippen LogP) is 4.97. The maximum Gasteiger partial charge on any atom is 0.299 e. The van der Waals surface area contributed by atoms with E-state index in [9.17, 15) is 14.0 Å². The summed E-state index contributed by atoms with van der Waals surface area (Å²) in [5, 5.41) is 10.1. The molecule has 0 aliphatic heterocycles. The smallest absolute Gasteiger partial charge is 0.299 e. The van der Waals surface area contributed by atoms with Crippen LogP contribution >= 0.6 is 0 Å². The summed E-state index contributed by atoms with van der Waals surface area (Å²) in [4.78, 5) is 25.5. The second-order valence-electron chi connectivity index (χ2n) is 7.51. The minimum Gasteiger partial charge on any atom is -0.453 e. The quantitative estimate of drug-likeness (QED) is 0.409.